The van der Waals surface area contributed by atoms with E-state index in [9.17, 15) is 9.90 Å². The van der Waals surface area contributed by atoms with Gasteiger partial charge in [0.05, 0.1) is 0 Å². The molecule has 4 rings (SSSR count). The fourth-order valence-corrected chi connectivity index (χ4v) is 3.53. The van der Waals surface area contributed by atoms with E-state index in [0.29, 0.717) is 22.9 Å². The number of benzene rings is 3. The number of fused-ring (bicyclic) bond motifs is 1. The lowest BCUT2D eigenvalue weighted by Gasteiger charge is -2.07. The molecule has 0 saturated carbocycles. The third-order valence-electron chi connectivity index (χ3n) is 4.39. The SMILES string of the molecule is Cc1ccc(COc2ccc(/C=C(/Sc3nc4ccccc4o3)C(=O)O)cc2)cc1. The molecule has 0 saturated heterocycles. The number of ether oxygens (including phenoxy) is 1. The van der Waals surface area contributed by atoms with Gasteiger partial charge in [0.1, 0.15) is 22.8 Å². The van der Waals surface area contributed by atoms with E-state index in [1.54, 1.807) is 12.1 Å². The predicted molar refractivity (Wildman–Crippen MR) is 117 cm³/mol. The number of aliphatic carboxylic acids is 1. The summed E-state index contributed by atoms with van der Waals surface area (Å²) >= 11 is 0.983. The number of oxazole rings is 1. The molecule has 0 aliphatic carbocycles. The molecule has 0 aliphatic heterocycles. The lowest BCUT2D eigenvalue weighted by Crippen LogP contribution is -1.97. The molecular formula is C24H19NO4S. The molecule has 4 aromatic rings. The van der Waals surface area contributed by atoms with Crippen LogP contribution in [0.15, 0.2) is 87.3 Å². The number of hydrogen-bond acceptors (Lipinski definition) is 5. The molecule has 1 N–H and O–H groups in total. The summed E-state index contributed by atoms with van der Waals surface area (Å²) in [5.74, 6) is -0.321. The summed E-state index contributed by atoms with van der Waals surface area (Å²) in [6.45, 7) is 2.52. The zero-order chi connectivity index (χ0) is 20.9. The van der Waals surface area contributed by atoms with E-state index in [4.69, 9.17) is 9.15 Å². The summed E-state index contributed by atoms with van der Waals surface area (Å²) in [4.78, 5) is 16.1. The maximum Gasteiger partial charge on any atom is 0.342 e. The summed E-state index contributed by atoms with van der Waals surface area (Å²) in [6.07, 6.45) is 1.59. The molecular weight excluding hydrogens is 398 g/mol. The van der Waals surface area contributed by atoms with Crippen LogP contribution in [0.3, 0.4) is 0 Å². The summed E-state index contributed by atoms with van der Waals surface area (Å²) in [7, 11) is 0. The highest BCUT2D eigenvalue weighted by molar-refractivity contribution is 8.03. The van der Waals surface area contributed by atoms with Gasteiger partial charge in [0.15, 0.2) is 5.58 Å². The fourth-order valence-electron chi connectivity index (χ4n) is 2.79. The monoisotopic (exact) mass is 417 g/mol. The maximum absolute atomic E-state index is 11.7. The molecule has 0 radical (unpaired) electrons. The average Bonchev–Trinajstić information content (AvgIpc) is 3.16. The van der Waals surface area contributed by atoms with Gasteiger partial charge >= 0.3 is 5.97 Å². The molecule has 1 aromatic heterocycles. The van der Waals surface area contributed by atoms with Gasteiger partial charge in [-0.15, -0.1) is 0 Å². The van der Waals surface area contributed by atoms with Crippen molar-refractivity contribution in [3.8, 4) is 5.75 Å². The normalized spacial score (nSPS) is 11.6. The van der Waals surface area contributed by atoms with Crippen molar-refractivity contribution in [2.75, 3.05) is 0 Å². The van der Waals surface area contributed by atoms with Gasteiger partial charge in [-0.3, -0.25) is 0 Å². The fraction of sp³-hybridized carbons (Fsp3) is 0.0833. The number of nitrogens with zero attached hydrogens (tertiary/aromatic N) is 1. The molecule has 3 aromatic carbocycles. The van der Waals surface area contributed by atoms with Crippen LogP contribution in [0.4, 0.5) is 0 Å². The zero-order valence-electron chi connectivity index (χ0n) is 16.2. The minimum absolute atomic E-state index is 0.120. The van der Waals surface area contributed by atoms with Gasteiger partial charge in [-0.2, -0.15) is 0 Å². The second-order valence-electron chi connectivity index (χ2n) is 6.71. The summed E-state index contributed by atoms with van der Waals surface area (Å²) < 4.78 is 11.4. The smallest absolute Gasteiger partial charge is 0.342 e. The largest absolute Gasteiger partial charge is 0.489 e. The molecule has 0 aliphatic rings. The molecule has 150 valence electrons. The number of thioether (sulfide) groups is 1. The standard InChI is InChI=1S/C24H19NO4S/c1-16-6-8-18(9-7-16)15-28-19-12-10-17(11-13-19)14-22(23(26)27)30-24-25-20-4-2-3-5-21(20)29-24/h2-14H,15H2,1H3,(H,26,27)/b22-14+. The highest BCUT2D eigenvalue weighted by Gasteiger charge is 2.14. The van der Waals surface area contributed by atoms with Crippen molar-refractivity contribution >= 4 is 34.9 Å². The Balaban J connectivity index is 1.45. The van der Waals surface area contributed by atoms with E-state index in [2.05, 4.69) is 17.1 Å². The van der Waals surface area contributed by atoms with Gasteiger partial charge in [0, 0.05) is 0 Å². The molecule has 30 heavy (non-hydrogen) atoms. The highest BCUT2D eigenvalue weighted by atomic mass is 32.2. The lowest BCUT2D eigenvalue weighted by atomic mass is 10.1. The highest BCUT2D eigenvalue weighted by Crippen LogP contribution is 2.30. The van der Waals surface area contributed by atoms with E-state index in [1.807, 2.05) is 61.5 Å². The lowest BCUT2D eigenvalue weighted by molar-refractivity contribution is -0.131. The van der Waals surface area contributed by atoms with Gasteiger partial charge in [-0.1, -0.05) is 54.1 Å². The van der Waals surface area contributed by atoms with Gasteiger partial charge in [-0.05, 0) is 60.2 Å². The van der Waals surface area contributed by atoms with Crippen molar-refractivity contribution in [1.82, 2.24) is 4.98 Å². The Morgan fingerprint density at radius 1 is 1.07 bits per heavy atom. The van der Waals surface area contributed by atoms with Crippen LogP contribution in [-0.2, 0) is 11.4 Å². The molecule has 0 atom stereocenters. The molecule has 0 fully saturated rings. The van der Waals surface area contributed by atoms with Crippen molar-refractivity contribution in [3.05, 3.63) is 94.4 Å². The Bertz CT molecular complexity index is 1160. The Labute approximate surface area is 178 Å². The first kappa shape index (κ1) is 19.8. The van der Waals surface area contributed by atoms with Crippen LogP contribution >= 0.6 is 11.8 Å². The minimum atomic E-state index is -1.04. The van der Waals surface area contributed by atoms with Crippen molar-refractivity contribution < 1.29 is 19.1 Å². The first-order chi connectivity index (χ1) is 14.6. The van der Waals surface area contributed by atoms with Crippen LogP contribution in [0.5, 0.6) is 5.75 Å². The molecule has 0 bridgehead atoms. The van der Waals surface area contributed by atoms with Crippen LogP contribution in [-0.4, -0.2) is 16.1 Å². The Morgan fingerprint density at radius 2 is 1.80 bits per heavy atom. The summed E-state index contributed by atoms with van der Waals surface area (Å²) in [5.41, 5.74) is 4.37. The number of aromatic nitrogens is 1. The van der Waals surface area contributed by atoms with E-state index in [-0.39, 0.29) is 4.91 Å². The molecule has 5 nitrogen and oxygen atoms in total. The van der Waals surface area contributed by atoms with Crippen LogP contribution < -0.4 is 4.74 Å². The number of para-hydroxylation sites is 2. The van der Waals surface area contributed by atoms with Crippen LogP contribution in [0.1, 0.15) is 16.7 Å². The van der Waals surface area contributed by atoms with E-state index >= 15 is 0 Å². The maximum atomic E-state index is 11.7. The number of carboxylic acid groups (broad SMARTS) is 1. The van der Waals surface area contributed by atoms with Crippen molar-refractivity contribution in [3.63, 3.8) is 0 Å². The second kappa shape index (κ2) is 8.88. The summed E-state index contributed by atoms with van der Waals surface area (Å²) in [6, 6.07) is 22.8. The number of rotatable bonds is 7. The van der Waals surface area contributed by atoms with Gasteiger partial charge in [0.25, 0.3) is 5.22 Å². The quantitative estimate of drug-likeness (QED) is 0.297. The third-order valence-corrected chi connectivity index (χ3v) is 5.25. The van der Waals surface area contributed by atoms with Gasteiger partial charge in [0.2, 0.25) is 0 Å². The predicted octanol–water partition coefficient (Wildman–Crippen LogP) is 5.93. The minimum Gasteiger partial charge on any atom is -0.489 e. The van der Waals surface area contributed by atoms with Crippen molar-refractivity contribution in [1.29, 1.82) is 0 Å². The van der Waals surface area contributed by atoms with Gasteiger partial charge < -0.3 is 14.3 Å². The second-order valence-corrected chi connectivity index (χ2v) is 7.70. The Kier molecular flexibility index (Phi) is 5.86. The number of aryl methyl sites for hydroxylation is 1. The third kappa shape index (κ3) is 4.90. The van der Waals surface area contributed by atoms with Crippen LogP contribution in [0, 0.1) is 6.92 Å². The number of hydrogen-bond donors (Lipinski definition) is 1. The van der Waals surface area contributed by atoms with Gasteiger partial charge in [-0.25, -0.2) is 9.78 Å². The molecule has 0 amide bonds. The van der Waals surface area contributed by atoms with E-state index in [0.717, 1.165) is 28.6 Å². The van der Waals surface area contributed by atoms with E-state index < -0.39 is 5.97 Å². The molecule has 1 heterocycles. The zero-order valence-corrected chi connectivity index (χ0v) is 17.1. The average molecular weight is 417 g/mol. The number of carboxylic acids is 1. The van der Waals surface area contributed by atoms with Crippen molar-refractivity contribution in [2.24, 2.45) is 0 Å². The topological polar surface area (TPSA) is 72.6 Å². The summed E-state index contributed by atoms with van der Waals surface area (Å²) in [5, 5.41) is 9.87. The Hall–Kier alpha value is -3.51. The van der Waals surface area contributed by atoms with Crippen molar-refractivity contribution in [2.45, 2.75) is 18.8 Å². The molecule has 6 heteroatoms. The molecule has 0 spiro atoms. The van der Waals surface area contributed by atoms with E-state index in [1.165, 1.54) is 5.56 Å². The Morgan fingerprint density at radius 3 is 2.50 bits per heavy atom. The van der Waals surface area contributed by atoms with Crippen LogP contribution in [0.25, 0.3) is 17.2 Å². The first-order valence-electron chi connectivity index (χ1n) is 9.34. The first-order valence-corrected chi connectivity index (χ1v) is 10.2. The molecule has 0 unspecified atom stereocenters. The van der Waals surface area contributed by atoms with Crippen LogP contribution in [0.2, 0.25) is 0 Å². The number of carbonyl (C=O) groups is 1.